The van der Waals surface area contributed by atoms with Gasteiger partial charge in [0.05, 0.1) is 9.82 Å². The zero-order valence-electron chi connectivity index (χ0n) is 12.5. The van der Waals surface area contributed by atoms with Crippen molar-refractivity contribution in [3.05, 3.63) is 69.8 Å². The van der Waals surface area contributed by atoms with Crippen LogP contribution >= 0.6 is 0 Å². The molecule has 1 atom stereocenters. The van der Waals surface area contributed by atoms with E-state index in [0.717, 1.165) is 12.1 Å². The Morgan fingerprint density at radius 3 is 2.42 bits per heavy atom. The number of Topliss-reactive ketones (excluding diaryl/α,β-unsaturated/α-hetero) is 1. The van der Waals surface area contributed by atoms with E-state index in [1.54, 1.807) is 24.3 Å². The summed E-state index contributed by atoms with van der Waals surface area (Å²) < 4.78 is 27.6. The second-order valence-corrected chi connectivity index (χ2v) is 7.19. The number of carbonyl (C=O) groups excluding carboxylic acids is 1. The fourth-order valence-electron chi connectivity index (χ4n) is 2.75. The van der Waals surface area contributed by atoms with Crippen LogP contribution in [0.5, 0.6) is 0 Å². The minimum Gasteiger partial charge on any atom is -0.294 e. The second kappa shape index (κ2) is 6.14. The highest BCUT2D eigenvalue weighted by Gasteiger charge is 2.29. The third-order valence-electron chi connectivity index (χ3n) is 3.95. The Labute approximate surface area is 138 Å². The number of nitrogens with one attached hydrogen (secondary N) is 1. The van der Waals surface area contributed by atoms with Crippen molar-refractivity contribution in [2.75, 3.05) is 0 Å². The van der Waals surface area contributed by atoms with Gasteiger partial charge in [0.1, 0.15) is 0 Å². The number of sulfonamides is 1. The first-order chi connectivity index (χ1) is 11.4. The molecule has 7 nitrogen and oxygen atoms in total. The van der Waals surface area contributed by atoms with Crippen molar-refractivity contribution in [1.29, 1.82) is 0 Å². The third kappa shape index (κ3) is 3.06. The molecular formula is C16H14N2O5S. The van der Waals surface area contributed by atoms with Crippen molar-refractivity contribution in [3.63, 3.8) is 0 Å². The quantitative estimate of drug-likeness (QED) is 0.676. The van der Waals surface area contributed by atoms with E-state index in [2.05, 4.69) is 4.72 Å². The van der Waals surface area contributed by atoms with Crippen molar-refractivity contribution in [1.82, 2.24) is 4.72 Å². The van der Waals surface area contributed by atoms with Crippen LogP contribution in [0.4, 0.5) is 5.69 Å². The van der Waals surface area contributed by atoms with Gasteiger partial charge in [0.15, 0.2) is 5.78 Å². The number of nitrogens with zero attached hydrogens (tertiary/aromatic N) is 1. The summed E-state index contributed by atoms with van der Waals surface area (Å²) in [5.74, 6) is -0.00335. The highest BCUT2D eigenvalue weighted by molar-refractivity contribution is 7.89. The fraction of sp³-hybridized carbons (Fsp3) is 0.188. The van der Waals surface area contributed by atoms with Crippen molar-refractivity contribution < 1.29 is 18.1 Å². The Balaban J connectivity index is 1.89. The zero-order chi connectivity index (χ0) is 17.3. The number of nitro groups is 1. The summed E-state index contributed by atoms with van der Waals surface area (Å²) in [7, 11) is -3.85. The summed E-state index contributed by atoms with van der Waals surface area (Å²) >= 11 is 0. The summed E-state index contributed by atoms with van der Waals surface area (Å²) in [6.07, 6.45) is 0.645. The monoisotopic (exact) mass is 346 g/mol. The molecule has 0 radical (unpaired) electrons. The van der Waals surface area contributed by atoms with Gasteiger partial charge in [-0.05, 0) is 24.1 Å². The predicted octanol–water partition coefficient (Wildman–Crippen LogP) is 2.59. The summed E-state index contributed by atoms with van der Waals surface area (Å²) in [6, 6.07) is 11.1. The minimum absolute atomic E-state index is 0.00335. The Bertz CT molecular complexity index is 906. The van der Waals surface area contributed by atoms with Crippen LogP contribution in [0.15, 0.2) is 53.4 Å². The van der Waals surface area contributed by atoms with Crippen LogP contribution in [0.1, 0.15) is 34.8 Å². The Morgan fingerprint density at radius 1 is 1.08 bits per heavy atom. The normalized spacial score (nSPS) is 17.3. The Morgan fingerprint density at radius 2 is 1.75 bits per heavy atom. The van der Waals surface area contributed by atoms with Gasteiger partial charge in [-0.2, -0.15) is 0 Å². The molecule has 1 aliphatic carbocycles. The molecule has 0 saturated heterocycles. The smallest absolute Gasteiger partial charge is 0.269 e. The molecule has 1 unspecified atom stereocenters. The van der Waals surface area contributed by atoms with E-state index >= 15 is 0 Å². The van der Waals surface area contributed by atoms with Crippen LogP contribution in [-0.4, -0.2) is 19.1 Å². The van der Waals surface area contributed by atoms with Crippen LogP contribution in [0.2, 0.25) is 0 Å². The van der Waals surface area contributed by atoms with Gasteiger partial charge < -0.3 is 0 Å². The molecule has 24 heavy (non-hydrogen) atoms. The number of non-ortho nitro benzene ring substituents is 1. The van der Waals surface area contributed by atoms with E-state index in [1.165, 1.54) is 12.1 Å². The number of nitro benzene ring substituents is 1. The van der Waals surface area contributed by atoms with Gasteiger partial charge in [0.25, 0.3) is 5.69 Å². The highest BCUT2D eigenvalue weighted by Crippen LogP contribution is 2.31. The summed E-state index contributed by atoms with van der Waals surface area (Å²) in [5.41, 5.74) is 1.00. The van der Waals surface area contributed by atoms with E-state index in [1.807, 2.05) is 0 Å². The molecule has 1 aliphatic rings. The SMILES string of the molecule is O=C1CCC(NS(=O)(=O)c2ccc([N+](=O)[O-])cc2)c2ccccc21. The molecule has 1 N–H and O–H groups in total. The molecule has 0 amide bonds. The first-order valence-electron chi connectivity index (χ1n) is 7.27. The third-order valence-corrected chi connectivity index (χ3v) is 5.44. The van der Waals surface area contributed by atoms with Crippen LogP contribution in [-0.2, 0) is 10.0 Å². The van der Waals surface area contributed by atoms with Gasteiger partial charge in [0, 0.05) is 30.2 Å². The van der Waals surface area contributed by atoms with Gasteiger partial charge in [-0.3, -0.25) is 14.9 Å². The summed E-state index contributed by atoms with van der Waals surface area (Å²) in [4.78, 5) is 21.9. The molecule has 0 aromatic heterocycles. The Kier molecular flexibility index (Phi) is 4.16. The maximum atomic E-state index is 12.5. The predicted molar refractivity (Wildman–Crippen MR) is 86.2 cm³/mol. The van der Waals surface area contributed by atoms with Crippen LogP contribution < -0.4 is 4.72 Å². The average molecular weight is 346 g/mol. The van der Waals surface area contributed by atoms with Crippen molar-refractivity contribution >= 4 is 21.5 Å². The molecule has 8 heteroatoms. The van der Waals surface area contributed by atoms with Gasteiger partial charge in [-0.15, -0.1) is 0 Å². The van der Waals surface area contributed by atoms with E-state index < -0.39 is 21.0 Å². The molecule has 0 heterocycles. The largest absolute Gasteiger partial charge is 0.294 e. The lowest BCUT2D eigenvalue weighted by atomic mass is 9.87. The molecular weight excluding hydrogens is 332 g/mol. The highest BCUT2D eigenvalue weighted by atomic mass is 32.2. The van der Waals surface area contributed by atoms with Gasteiger partial charge in [0.2, 0.25) is 10.0 Å². The first-order valence-corrected chi connectivity index (χ1v) is 8.76. The van der Waals surface area contributed by atoms with Crippen LogP contribution in [0.3, 0.4) is 0 Å². The van der Waals surface area contributed by atoms with E-state index in [0.29, 0.717) is 17.5 Å². The lowest BCUT2D eigenvalue weighted by molar-refractivity contribution is -0.384. The van der Waals surface area contributed by atoms with Crippen molar-refractivity contribution in [2.45, 2.75) is 23.8 Å². The van der Waals surface area contributed by atoms with Crippen LogP contribution in [0.25, 0.3) is 0 Å². The lowest BCUT2D eigenvalue weighted by Gasteiger charge is -2.25. The molecule has 0 spiro atoms. The topological polar surface area (TPSA) is 106 Å². The molecule has 2 aromatic carbocycles. The number of ketones is 1. The van der Waals surface area contributed by atoms with Crippen LogP contribution in [0, 0.1) is 10.1 Å². The molecule has 0 saturated carbocycles. The summed E-state index contributed by atoms with van der Waals surface area (Å²) in [6.45, 7) is 0. The first kappa shape index (κ1) is 16.3. The van der Waals surface area contributed by atoms with Gasteiger partial charge >= 0.3 is 0 Å². The number of carbonyl (C=O) groups is 1. The lowest BCUT2D eigenvalue weighted by Crippen LogP contribution is -2.32. The van der Waals surface area contributed by atoms with E-state index in [-0.39, 0.29) is 22.8 Å². The average Bonchev–Trinajstić information content (AvgIpc) is 2.58. The maximum Gasteiger partial charge on any atom is 0.269 e. The zero-order valence-corrected chi connectivity index (χ0v) is 13.3. The number of hydrogen-bond acceptors (Lipinski definition) is 5. The molecule has 0 bridgehead atoms. The molecule has 124 valence electrons. The van der Waals surface area contributed by atoms with Gasteiger partial charge in [-0.1, -0.05) is 24.3 Å². The number of benzene rings is 2. The van der Waals surface area contributed by atoms with Gasteiger partial charge in [-0.25, -0.2) is 13.1 Å². The standard InChI is InChI=1S/C16H14N2O5S/c19-16-10-9-15(13-3-1-2-4-14(13)16)17-24(22,23)12-7-5-11(6-8-12)18(20)21/h1-8,15,17H,9-10H2. The van der Waals surface area contributed by atoms with Crippen molar-refractivity contribution in [3.8, 4) is 0 Å². The summed E-state index contributed by atoms with van der Waals surface area (Å²) in [5, 5.41) is 10.7. The number of hydrogen-bond donors (Lipinski definition) is 1. The molecule has 0 fully saturated rings. The fourth-order valence-corrected chi connectivity index (χ4v) is 4.00. The molecule has 3 rings (SSSR count). The van der Waals surface area contributed by atoms with Crippen molar-refractivity contribution in [2.24, 2.45) is 0 Å². The number of rotatable bonds is 4. The Hall–Kier alpha value is -2.58. The van der Waals surface area contributed by atoms with E-state index in [9.17, 15) is 23.3 Å². The second-order valence-electron chi connectivity index (χ2n) is 5.47. The number of fused-ring (bicyclic) bond motifs is 1. The molecule has 2 aromatic rings. The van der Waals surface area contributed by atoms with E-state index in [4.69, 9.17) is 0 Å². The molecule has 0 aliphatic heterocycles. The minimum atomic E-state index is -3.85. The maximum absolute atomic E-state index is 12.5.